The summed E-state index contributed by atoms with van der Waals surface area (Å²) in [6.45, 7) is 3.60. The van der Waals surface area contributed by atoms with E-state index < -0.39 is 47.1 Å². The van der Waals surface area contributed by atoms with E-state index in [1.165, 1.54) is 0 Å². The number of benzene rings is 3. The lowest BCUT2D eigenvalue weighted by Crippen LogP contribution is -2.56. The zero-order valence-corrected chi connectivity index (χ0v) is 33.1. The lowest BCUT2D eigenvalue weighted by Gasteiger charge is -2.34. The number of halogens is 3. The minimum atomic E-state index is -1.78. The van der Waals surface area contributed by atoms with Crippen LogP contribution in [0.1, 0.15) is 72.7 Å². The van der Waals surface area contributed by atoms with Crippen LogP contribution in [0.3, 0.4) is 0 Å². The van der Waals surface area contributed by atoms with Gasteiger partial charge in [-0.3, -0.25) is 29.3 Å². The fourth-order valence-electron chi connectivity index (χ4n) is 9.25. The maximum absolute atomic E-state index is 14.2. The molecule has 5 heterocycles. The highest BCUT2D eigenvalue weighted by molar-refractivity contribution is 6.02. The molecule has 3 aromatic carbocycles. The van der Waals surface area contributed by atoms with E-state index in [4.69, 9.17) is 10.1 Å². The Balaban J connectivity index is 0.772. The molecule has 14 nitrogen and oxygen atoms in total. The van der Waals surface area contributed by atoms with Crippen molar-refractivity contribution in [2.24, 2.45) is 5.92 Å². The van der Waals surface area contributed by atoms with Gasteiger partial charge in [0.25, 0.3) is 5.91 Å². The number of piperidine rings is 1. The van der Waals surface area contributed by atoms with Gasteiger partial charge in [-0.15, -0.1) is 0 Å². The smallest absolute Gasteiger partial charge is 0.254 e. The summed E-state index contributed by atoms with van der Waals surface area (Å²) in [5.41, 5.74) is 5.00. The first-order valence-corrected chi connectivity index (χ1v) is 20.5. The van der Waals surface area contributed by atoms with E-state index in [9.17, 15) is 37.8 Å². The average Bonchev–Trinajstić information content (AvgIpc) is 3.94. The number of aromatic nitrogens is 4. The Bertz CT molecular complexity index is 2500. The van der Waals surface area contributed by atoms with Gasteiger partial charge >= 0.3 is 0 Å². The van der Waals surface area contributed by atoms with Crippen molar-refractivity contribution in [3.8, 4) is 17.0 Å². The summed E-state index contributed by atoms with van der Waals surface area (Å²) in [5.74, 6) is -6.67. The van der Waals surface area contributed by atoms with Crippen LogP contribution in [0.5, 0.6) is 5.75 Å². The normalized spacial score (nSPS) is 21.9. The van der Waals surface area contributed by atoms with Crippen molar-refractivity contribution in [3.05, 3.63) is 89.3 Å². The molecular formula is C43H46F3N9O5. The van der Waals surface area contributed by atoms with Crippen LogP contribution in [0.15, 0.2) is 54.9 Å². The molecule has 2 atom stereocenters. The van der Waals surface area contributed by atoms with Crippen LogP contribution in [0.4, 0.5) is 24.5 Å². The van der Waals surface area contributed by atoms with Crippen LogP contribution < -0.4 is 20.4 Å². The highest BCUT2D eigenvalue weighted by atomic mass is 19.2. The first kappa shape index (κ1) is 39.5. The highest BCUT2D eigenvalue weighted by Gasteiger charge is 2.42. The molecule has 3 aliphatic heterocycles. The molecule has 1 saturated heterocycles. The van der Waals surface area contributed by atoms with E-state index in [1.807, 2.05) is 24.0 Å². The minimum Gasteiger partial charge on any atom is -0.503 e. The van der Waals surface area contributed by atoms with Gasteiger partial charge in [0.15, 0.2) is 17.4 Å². The molecule has 2 fully saturated rings. The number of imide groups is 1. The van der Waals surface area contributed by atoms with Crippen molar-refractivity contribution in [1.82, 2.24) is 34.9 Å². The van der Waals surface area contributed by atoms with Gasteiger partial charge in [0, 0.05) is 50.2 Å². The quantitative estimate of drug-likeness (QED) is 0.112. The molecule has 17 heteroatoms. The van der Waals surface area contributed by atoms with Crippen LogP contribution in [0.25, 0.3) is 22.2 Å². The largest absolute Gasteiger partial charge is 0.503 e. The Morgan fingerprint density at radius 1 is 0.983 bits per heavy atom. The van der Waals surface area contributed by atoms with Gasteiger partial charge in [0.2, 0.25) is 24.0 Å². The number of imidazole rings is 1. The van der Waals surface area contributed by atoms with E-state index in [2.05, 4.69) is 56.6 Å². The zero-order valence-electron chi connectivity index (χ0n) is 33.1. The lowest BCUT2D eigenvalue weighted by atomic mass is 9.86. The topological polar surface area (TPSA) is 161 Å². The van der Waals surface area contributed by atoms with Crippen LogP contribution in [0, 0.1) is 23.4 Å². The molecular weight excluding hydrogens is 780 g/mol. The van der Waals surface area contributed by atoms with Crippen molar-refractivity contribution < 1.29 is 37.8 Å². The number of aliphatic hydroxyl groups excluding tert-OH is 1. The molecule has 9 rings (SSSR count). The monoisotopic (exact) mass is 825 g/mol. The Morgan fingerprint density at radius 3 is 2.60 bits per heavy atom. The highest BCUT2D eigenvalue weighted by Crippen LogP contribution is 2.41. The number of nitrogens with one attached hydrogen (secondary N) is 2. The molecule has 60 heavy (non-hydrogen) atoms. The number of nitrogens with zero attached hydrogens (tertiary/aromatic N) is 7. The molecule has 5 aromatic rings. The average molecular weight is 826 g/mol. The predicted octanol–water partition coefficient (Wildman–Crippen LogP) is 4.97. The number of rotatable bonds is 10. The van der Waals surface area contributed by atoms with Crippen molar-refractivity contribution in [1.29, 1.82) is 0 Å². The number of hydrogen-bond acceptors (Lipinski definition) is 10. The van der Waals surface area contributed by atoms with Gasteiger partial charge in [-0.05, 0) is 87.2 Å². The number of carbonyl (C=O) groups is 3. The van der Waals surface area contributed by atoms with Crippen LogP contribution in [-0.2, 0) is 29.1 Å². The molecule has 1 aliphatic carbocycles. The molecule has 4 aliphatic rings. The number of fused-ring (bicyclic) bond motifs is 3. The number of amides is 3. The summed E-state index contributed by atoms with van der Waals surface area (Å²) in [6.07, 6.45) is 8.64. The Morgan fingerprint density at radius 2 is 1.80 bits per heavy atom. The van der Waals surface area contributed by atoms with Gasteiger partial charge in [0.05, 0.1) is 46.9 Å². The molecule has 1 saturated carbocycles. The fraction of sp³-hybridized carbons (Fsp3) is 0.419. The molecule has 0 spiro atoms. The van der Waals surface area contributed by atoms with Gasteiger partial charge in [-0.25, -0.2) is 13.8 Å². The second kappa shape index (κ2) is 15.9. The molecule has 0 bridgehead atoms. The number of hydrogen-bond donors (Lipinski definition) is 4. The number of aliphatic hydroxyl groups is 1. The van der Waals surface area contributed by atoms with Gasteiger partial charge in [0.1, 0.15) is 11.9 Å². The second-order valence-corrected chi connectivity index (χ2v) is 16.4. The van der Waals surface area contributed by atoms with Crippen LogP contribution in [-0.4, -0.2) is 91.2 Å². The summed E-state index contributed by atoms with van der Waals surface area (Å²) < 4.78 is 45.9. The maximum atomic E-state index is 14.2. The molecule has 0 radical (unpaired) electrons. The third-order valence-electron chi connectivity index (χ3n) is 12.7. The summed E-state index contributed by atoms with van der Waals surface area (Å²) in [7, 11) is 1.81. The molecule has 2 aromatic heterocycles. The van der Waals surface area contributed by atoms with Crippen LogP contribution in [0.2, 0.25) is 0 Å². The molecule has 2 unspecified atom stereocenters. The molecule has 4 N–H and O–H groups in total. The summed E-state index contributed by atoms with van der Waals surface area (Å²) in [4.78, 5) is 47.5. The third-order valence-corrected chi connectivity index (χ3v) is 12.7. The van der Waals surface area contributed by atoms with E-state index >= 15 is 0 Å². The van der Waals surface area contributed by atoms with Crippen molar-refractivity contribution in [2.45, 2.75) is 82.9 Å². The first-order valence-electron chi connectivity index (χ1n) is 20.5. The summed E-state index contributed by atoms with van der Waals surface area (Å²) in [5, 5.41) is 31.2. The summed E-state index contributed by atoms with van der Waals surface area (Å²) in [6, 6.07) is 12.5. The van der Waals surface area contributed by atoms with Crippen LogP contribution >= 0.6 is 0 Å². The minimum absolute atomic E-state index is 0.116. The van der Waals surface area contributed by atoms with Gasteiger partial charge in [-0.2, -0.15) is 9.49 Å². The number of carbonyl (C=O) groups excluding carboxylic acids is 3. The van der Waals surface area contributed by atoms with Gasteiger partial charge in [-0.1, -0.05) is 18.2 Å². The first-order chi connectivity index (χ1) is 28.9. The number of anilines is 2. The number of phenolic OH excluding ortho intramolecular Hbond substituents is 1. The zero-order chi connectivity index (χ0) is 41.8. The SMILES string of the molecule is CN1c2cc(CCCN3CCn4c(-c5ccc6cn(C7CCC(CNC(=O)c8cc(F)c(O)c(F)c8F)CC7)nc6c5)cnc4C3)ccc2N(C2CCC(=O)NC2=O)C1O. The number of aryl methyl sites for hydroxylation is 1. The third kappa shape index (κ3) is 7.33. The number of phenols is 1. The number of aromatic hydroxyl groups is 1. The molecule has 314 valence electrons. The predicted molar refractivity (Wildman–Crippen MR) is 215 cm³/mol. The van der Waals surface area contributed by atoms with E-state index in [-0.39, 0.29) is 36.7 Å². The standard InChI is InChI=1S/C43H46F3N9O5/c1-51-34-17-24(6-11-32(34)55(43(51)60)33-12-13-37(56)49-42(33)59)3-2-14-52-15-16-53-35(21-47-36(53)23-52)26-7-8-27-22-54(50-31(27)18-26)28-9-4-25(5-10-28)20-48-41(58)29-19-30(44)40(57)39(46)38(29)45/h6-8,11,17-19,21-22,25,28,33,43,57,60H,2-5,9-10,12-16,20,23H2,1H3,(H,48,58)(H,49,56,59). The van der Waals surface area contributed by atoms with Crippen molar-refractivity contribution in [2.75, 3.05) is 36.5 Å². The van der Waals surface area contributed by atoms with Crippen molar-refractivity contribution in [3.63, 3.8) is 0 Å². The van der Waals surface area contributed by atoms with E-state index in [0.29, 0.717) is 12.5 Å². The Kier molecular flexibility index (Phi) is 10.5. The van der Waals surface area contributed by atoms with E-state index in [1.54, 1.807) is 9.80 Å². The molecule has 3 amide bonds. The fourth-order valence-corrected chi connectivity index (χ4v) is 9.25. The lowest BCUT2D eigenvalue weighted by molar-refractivity contribution is -0.134. The van der Waals surface area contributed by atoms with Crippen molar-refractivity contribution >= 4 is 40.0 Å². The van der Waals surface area contributed by atoms with E-state index in [0.717, 1.165) is 110 Å². The van der Waals surface area contributed by atoms with Gasteiger partial charge < -0.3 is 29.9 Å². The Labute approximate surface area is 343 Å². The second-order valence-electron chi connectivity index (χ2n) is 16.4. The maximum Gasteiger partial charge on any atom is 0.254 e. The summed E-state index contributed by atoms with van der Waals surface area (Å²) >= 11 is 0. The Hall–Kier alpha value is -5.94.